The summed E-state index contributed by atoms with van der Waals surface area (Å²) in [5.41, 5.74) is 6.62. The van der Waals surface area contributed by atoms with E-state index in [1.807, 2.05) is 12.1 Å². The quantitative estimate of drug-likeness (QED) is 0.791. The summed E-state index contributed by atoms with van der Waals surface area (Å²) < 4.78 is 13.8. The first kappa shape index (κ1) is 11.4. The Bertz CT molecular complexity index is 376. The van der Waals surface area contributed by atoms with Gasteiger partial charge in [0.15, 0.2) is 0 Å². The maximum Gasteiger partial charge on any atom is 0.146 e. The van der Waals surface area contributed by atoms with Crippen molar-refractivity contribution in [2.24, 2.45) is 5.73 Å². The second kappa shape index (κ2) is 4.06. The fourth-order valence-electron chi connectivity index (χ4n) is 2.34. The molecular formula is C13H19FN2. The summed E-state index contributed by atoms with van der Waals surface area (Å²) in [4.78, 5) is 2.09. The van der Waals surface area contributed by atoms with E-state index in [2.05, 4.69) is 18.7 Å². The molecule has 1 fully saturated rings. The summed E-state index contributed by atoms with van der Waals surface area (Å²) in [5.74, 6) is -0.162. The van der Waals surface area contributed by atoms with Crippen LogP contribution < -0.4 is 10.6 Å². The number of hydrogen-bond donors (Lipinski definition) is 1. The largest absolute Gasteiger partial charge is 0.362 e. The number of anilines is 1. The van der Waals surface area contributed by atoms with Gasteiger partial charge in [0.25, 0.3) is 0 Å². The molecule has 1 aliphatic rings. The van der Waals surface area contributed by atoms with Gasteiger partial charge in [-0.1, -0.05) is 12.1 Å². The van der Waals surface area contributed by atoms with Gasteiger partial charge in [-0.05, 0) is 38.8 Å². The van der Waals surface area contributed by atoms with E-state index in [1.165, 1.54) is 6.07 Å². The minimum atomic E-state index is -0.162. The summed E-state index contributed by atoms with van der Waals surface area (Å²) in [6, 6.07) is 7.07. The lowest BCUT2D eigenvalue weighted by Crippen LogP contribution is -2.54. The van der Waals surface area contributed by atoms with Crippen LogP contribution in [-0.2, 0) is 0 Å². The lowest BCUT2D eigenvalue weighted by molar-refractivity contribution is 0.331. The third-order valence-corrected chi connectivity index (χ3v) is 3.42. The average Bonchev–Trinajstić information content (AvgIpc) is 2.23. The van der Waals surface area contributed by atoms with Gasteiger partial charge in [0.2, 0.25) is 0 Å². The minimum Gasteiger partial charge on any atom is -0.362 e. The molecule has 0 amide bonds. The van der Waals surface area contributed by atoms with Crippen LogP contribution in [-0.4, -0.2) is 18.1 Å². The minimum absolute atomic E-state index is 0.0158. The highest BCUT2D eigenvalue weighted by molar-refractivity contribution is 5.50. The van der Waals surface area contributed by atoms with Crippen LogP contribution >= 0.6 is 0 Å². The monoisotopic (exact) mass is 222 g/mol. The van der Waals surface area contributed by atoms with Crippen molar-refractivity contribution in [3.8, 4) is 0 Å². The molecular weight excluding hydrogens is 203 g/mol. The van der Waals surface area contributed by atoms with Crippen LogP contribution in [0.2, 0.25) is 0 Å². The molecule has 1 aromatic carbocycles. The van der Waals surface area contributed by atoms with Crippen LogP contribution in [0.4, 0.5) is 10.1 Å². The molecule has 1 saturated heterocycles. The fraction of sp³-hybridized carbons (Fsp3) is 0.538. The smallest absolute Gasteiger partial charge is 0.146 e. The van der Waals surface area contributed by atoms with Crippen molar-refractivity contribution in [3.05, 3.63) is 30.1 Å². The molecule has 0 radical (unpaired) electrons. The van der Waals surface area contributed by atoms with Crippen molar-refractivity contribution in [3.63, 3.8) is 0 Å². The van der Waals surface area contributed by atoms with Gasteiger partial charge in [-0.2, -0.15) is 0 Å². The van der Waals surface area contributed by atoms with E-state index in [4.69, 9.17) is 5.73 Å². The molecule has 2 rings (SSSR count). The van der Waals surface area contributed by atoms with Crippen LogP contribution in [0.25, 0.3) is 0 Å². The predicted molar refractivity (Wildman–Crippen MR) is 65.0 cm³/mol. The summed E-state index contributed by atoms with van der Waals surface area (Å²) in [7, 11) is 0. The van der Waals surface area contributed by atoms with Gasteiger partial charge >= 0.3 is 0 Å². The number of nitrogens with two attached hydrogens (primary N) is 1. The van der Waals surface area contributed by atoms with Gasteiger partial charge in [-0.15, -0.1) is 0 Å². The topological polar surface area (TPSA) is 29.3 Å². The molecule has 1 aliphatic heterocycles. The average molecular weight is 222 g/mol. The third kappa shape index (κ3) is 2.05. The highest BCUT2D eigenvalue weighted by atomic mass is 19.1. The number of halogens is 1. The zero-order chi connectivity index (χ0) is 11.8. The molecule has 0 bridgehead atoms. The SMILES string of the molecule is CC1(C)CCC(N)CN1c1ccccc1F. The Hall–Kier alpha value is -1.09. The van der Waals surface area contributed by atoms with Crippen molar-refractivity contribution in [1.29, 1.82) is 0 Å². The molecule has 2 N–H and O–H groups in total. The molecule has 1 atom stereocenters. The Labute approximate surface area is 96.2 Å². The molecule has 0 saturated carbocycles. The van der Waals surface area contributed by atoms with Crippen LogP contribution in [0, 0.1) is 5.82 Å². The van der Waals surface area contributed by atoms with Crippen LogP contribution in [0.15, 0.2) is 24.3 Å². The number of hydrogen-bond acceptors (Lipinski definition) is 2. The standard InChI is InChI=1S/C13H19FN2/c1-13(2)8-7-10(15)9-16(13)12-6-4-3-5-11(12)14/h3-6,10H,7-9,15H2,1-2H3. The van der Waals surface area contributed by atoms with E-state index in [9.17, 15) is 4.39 Å². The first-order valence-corrected chi connectivity index (χ1v) is 5.78. The Morgan fingerprint density at radius 1 is 1.38 bits per heavy atom. The zero-order valence-corrected chi connectivity index (χ0v) is 9.91. The number of para-hydroxylation sites is 1. The number of benzene rings is 1. The molecule has 2 nitrogen and oxygen atoms in total. The fourth-order valence-corrected chi connectivity index (χ4v) is 2.34. The summed E-state index contributed by atoms with van der Waals surface area (Å²) >= 11 is 0. The molecule has 88 valence electrons. The van der Waals surface area contributed by atoms with E-state index >= 15 is 0 Å². The third-order valence-electron chi connectivity index (χ3n) is 3.42. The second-order valence-electron chi connectivity index (χ2n) is 5.17. The summed E-state index contributed by atoms with van der Waals surface area (Å²) in [5, 5.41) is 0. The Balaban J connectivity index is 2.34. The summed E-state index contributed by atoms with van der Waals surface area (Å²) in [6.45, 7) is 5.02. The molecule has 1 aromatic rings. The molecule has 3 heteroatoms. The van der Waals surface area contributed by atoms with Crippen molar-refractivity contribution < 1.29 is 4.39 Å². The van der Waals surface area contributed by atoms with Crippen molar-refractivity contribution in [1.82, 2.24) is 0 Å². The molecule has 1 unspecified atom stereocenters. The summed E-state index contributed by atoms with van der Waals surface area (Å²) in [6.07, 6.45) is 2.01. The van der Waals surface area contributed by atoms with Crippen LogP contribution in [0.1, 0.15) is 26.7 Å². The number of rotatable bonds is 1. The van der Waals surface area contributed by atoms with Gasteiger partial charge < -0.3 is 10.6 Å². The van der Waals surface area contributed by atoms with E-state index in [0.717, 1.165) is 19.4 Å². The second-order valence-corrected chi connectivity index (χ2v) is 5.17. The Morgan fingerprint density at radius 3 is 2.75 bits per heavy atom. The Kier molecular flexibility index (Phi) is 2.89. The van der Waals surface area contributed by atoms with Gasteiger partial charge in [0, 0.05) is 18.1 Å². The first-order valence-electron chi connectivity index (χ1n) is 5.78. The van der Waals surface area contributed by atoms with E-state index < -0.39 is 0 Å². The van der Waals surface area contributed by atoms with E-state index in [-0.39, 0.29) is 17.4 Å². The number of nitrogens with zero attached hydrogens (tertiary/aromatic N) is 1. The van der Waals surface area contributed by atoms with Gasteiger partial charge in [0.1, 0.15) is 5.82 Å². The lowest BCUT2D eigenvalue weighted by atomic mass is 9.88. The number of piperidine rings is 1. The van der Waals surface area contributed by atoms with Crippen LogP contribution in [0.3, 0.4) is 0 Å². The van der Waals surface area contributed by atoms with Gasteiger partial charge in [-0.25, -0.2) is 4.39 Å². The molecule has 0 aliphatic carbocycles. The highest BCUT2D eigenvalue weighted by Crippen LogP contribution is 2.33. The van der Waals surface area contributed by atoms with Gasteiger partial charge in [0.05, 0.1) is 5.69 Å². The van der Waals surface area contributed by atoms with Crippen LogP contribution in [0.5, 0.6) is 0 Å². The molecule has 1 heterocycles. The Morgan fingerprint density at radius 2 is 2.06 bits per heavy atom. The maximum atomic E-state index is 13.8. The van der Waals surface area contributed by atoms with E-state index in [0.29, 0.717) is 5.69 Å². The molecule has 16 heavy (non-hydrogen) atoms. The normalized spacial score (nSPS) is 24.5. The highest BCUT2D eigenvalue weighted by Gasteiger charge is 2.34. The zero-order valence-electron chi connectivity index (χ0n) is 9.91. The molecule has 0 aromatic heterocycles. The maximum absolute atomic E-state index is 13.8. The van der Waals surface area contributed by atoms with Crippen molar-refractivity contribution in [2.45, 2.75) is 38.3 Å². The first-order chi connectivity index (χ1) is 7.50. The predicted octanol–water partition coefficient (Wildman–Crippen LogP) is 2.53. The van der Waals surface area contributed by atoms with Gasteiger partial charge in [-0.3, -0.25) is 0 Å². The van der Waals surface area contributed by atoms with Crippen molar-refractivity contribution in [2.75, 3.05) is 11.4 Å². The lowest BCUT2D eigenvalue weighted by Gasteiger charge is -2.46. The molecule has 0 spiro atoms. The van der Waals surface area contributed by atoms with Crippen molar-refractivity contribution >= 4 is 5.69 Å². The van der Waals surface area contributed by atoms with E-state index in [1.54, 1.807) is 6.07 Å².